The van der Waals surface area contributed by atoms with Crippen LogP contribution in [0, 0.1) is 23.8 Å². The van der Waals surface area contributed by atoms with Crippen LogP contribution >= 0.6 is 15.9 Å². The Morgan fingerprint density at radius 2 is 2.14 bits per heavy atom. The van der Waals surface area contributed by atoms with Gasteiger partial charge in [0.05, 0.1) is 17.7 Å². The number of amides is 1. The zero-order chi connectivity index (χ0) is 20.5. The summed E-state index contributed by atoms with van der Waals surface area (Å²) in [6.45, 7) is 10.9. The summed E-state index contributed by atoms with van der Waals surface area (Å²) < 4.78 is 0.709. The number of aromatic amines is 1. The first-order valence-corrected chi connectivity index (χ1v) is 10.3. The van der Waals surface area contributed by atoms with Crippen LogP contribution in [0.25, 0.3) is 4.85 Å². The number of hydrogen-bond donors (Lipinski definition) is 1. The van der Waals surface area contributed by atoms with E-state index >= 15 is 0 Å². The Balaban J connectivity index is 1.76. The number of nitriles is 1. The fourth-order valence-corrected chi connectivity index (χ4v) is 4.92. The third kappa shape index (κ3) is 3.34. The molecule has 2 atom stereocenters. The van der Waals surface area contributed by atoms with Gasteiger partial charge in [-0.3, -0.25) is 9.89 Å². The van der Waals surface area contributed by atoms with E-state index in [4.69, 9.17) is 11.6 Å². The van der Waals surface area contributed by atoms with Crippen LogP contribution in [0.4, 0.5) is 5.82 Å². The molecular weight excluding hydrogens is 432 g/mol. The van der Waals surface area contributed by atoms with Crippen LogP contribution in [-0.4, -0.2) is 45.8 Å². The number of H-pyrrole nitrogens is 1. The quantitative estimate of drug-likeness (QED) is 0.705. The lowest BCUT2D eigenvalue weighted by Gasteiger charge is -2.34. The highest BCUT2D eigenvalue weighted by Gasteiger charge is 2.44. The number of aromatic nitrogens is 2. The summed E-state index contributed by atoms with van der Waals surface area (Å²) in [5, 5.41) is 16.6. The summed E-state index contributed by atoms with van der Waals surface area (Å²) in [7, 11) is 0. The molecule has 7 nitrogen and oxygen atoms in total. The maximum atomic E-state index is 11.7. The highest BCUT2D eigenvalue weighted by molar-refractivity contribution is 9.10. The van der Waals surface area contributed by atoms with Crippen LogP contribution < -0.4 is 0 Å². The molecule has 3 heterocycles. The lowest BCUT2D eigenvalue weighted by Crippen LogP contribution is -2.42. The molecule has 0 radical (unpaired) electrons. The molecule has 146 valence electrons. The highest BCUT2D eigenvalue weighted by atomic mass is 79.9. The van der Waals surface area contributed by atoms with E-state index in [1.807, 2.05) is 17.0 Å². The number of nitrogens with zero attached hydrogens (tertiary/aromatic N) is 5. The Bertz CT molecular complexity index is 1070. The van der Waals surface area contributed by atoms with Crippen molar-refractivity contribution in [1.82, 2.24) is 15.1 Å². The second-order valence-corrected chi connectivity index (χ2v) is 8.16. The SMILES string of the molecule is [C-]#[N+]C1C(C2CCN(C(C)=O)CC2)=Nc2[nH]ncc2C1c1cccc(C#N)c1Br. The standard InChI is InChI=1S/C21H19BrN6O/c1-12(29)28-8-6-13(7-9-28)19-20(24-2)17(16-11-25-27-21(16)26-19)15-5-3-4-14(10-23)18(15)22/h3-5,11,13,17,20H,6-9H2,1H3,(H,25,27). The summed E-state index contributed by atoms with van der Waals surface area (Å²) in [6.07, 6.45) is 3.31. The molecule has 2 aliphatic rings. The number of halogens is 1. The first kappa shape index (κ1) is 19.4. The topological polar surface area (TPSA) is 89.5 Å². The molecule has 0 saturated carbocycles. The van der Waals surface area contributed by atoms with Gasteiger partial charge in [-0.1, -0.05) is 12.1 Å². The number of piperidine rings is 1. The lowest BCUT2D eigenvalue weighted by molar-refractivity contribution is -0.129. The van der Waals surface area contributed by atoms with Crippen LogP contribution in [0.15, 0.2) is 33.9 Å². The molecule has 8 heteroatoms. The van der Waals surface area contributed by atoms with Crippen molar-refractivity contribution in [2.45, 2.75) is 31.7 Å². The van der Waals surface area contributed by atoms with E-state index in [1.54, 1.807) is 19.2 Å². The Kier molecular flexibility index (Phi) is 5.21. The molecule has 4 rings (SSSR count). The van der Waals surface area contributed by atoms with E-state index in [0.29, 0.717) is 28.9 Å². The number of hydrogen-bond acceptors (Lipinski definition) is 4. The Hall–Kier alpha value is -2.97. The van der Waals surface area contributed by atoms with Crippen LogP contribution in [0.3, 0.4) is 0 Å². The van der Waals surface area contributed by atoms with Gasteiger partial charge < -0.3 is 9.74 Å². The van der Waals surface area contributed by atoms with Crippen molar-refractivity contribution in [2.24, 2.45) is 10.9 Å². The van der Waals surface area contributed by atoms with Crippen molar-refractivity contribution in [1.29, 1.82) is 5.26 Å². The summed E-state index contributed by atoms with van der Waals surface area (Å²) >= 11 is 3.57. The Labute approximate surface area is 177 Å². The molecule has 1 saturated heterocycles. The number of fused-ring (bicyclic) bond motifs is 1. The molecule has 0 bridgehead atoms. The van der Waals surface area contributed by atoms with Crippen molar-refractivity contribution < 1.29 is 4.79 Å². The van der Waals surface area contributed by atoms with E-state index < -0.39 is 6.04 Å². The maximum Gasteiger partial charge on any atom is 0.272 e. The number of carbonyl (C=O) groups is 1. The molecule has 29 heavy (non-hydrogen) atoms. The smallest absolute Gasteiger partial charge is 0.272 e. The fraction of sp³-hybridized carbons (Fsp3) is 0.381. The predicted molar refractivity (Wildman–Crippen MR) is 112 cm³/mol. The third-order valence-corrected chi connectivity index (χ3v) is 6.71. The molecule has 1 aromatic carbocycles. The molecular formula is C21H19BrN6O. The van der Waals surface area contributed by atoms with Crippen LogP contribution in [-0.2, 0) is 4.79 Å². The van der Waals surface area contributed by atoms with Gasteiger partial charge in [0.15, 0.2) is 5.82 Å². The van der Waals surface area contributed by atoms with E-state index in [2.05, 4.69) is 37.0 Å². The Morgan fingerprint density at radius 3 is 2.79 bits per heavy atom. The van der Waals surface area contributed by atoms with E-state index in [1.165, 1.54) is 0 Å². The van der Waals surface area contributed by atoms with Crippen LogP contribution in [0.1, 0.15) is 42.4 Å². The molecule has 2 unspecified atom stereocenters. The van der Waals surface area contributed by atoms with Crippen LogP contribution in [0.2, 0.25) is 0 Å². The zero-order valence-corrected chi connectivity index (χ0v) is 17.5. The van der Waals surface area contributed by atoms with Crippen molar-refractivity contribution in [3.05, 3.63) is 57.0 Å². The maximum absolute atomic E-state index is 11.7. The second kappa shape index (κ2) is 7.81. The van der Waals surface area contributed by atoms with Gasteiger partial charge in [-0.15, -0.1) is 0 Å². The zero-order valence-electron chi connectivity index (χ0n) is 15.9. The van der Waals surface area contributed by atoms with Crippen LogP contribution in [0.5, 0.6) is 0 Å². The fourth-order valence-electron chi connectivity index (χ4n) is 4.32. The Morgan fingerprint density at radius 1 is 1.38 bits per heavy atom. The third-order valence-electron chi connectivity index (χ3n) is 5.82. The van der Waals surface area contributed by atoms with Crippen molar-refractivity contribution >= 4 is 33.4 Å². The van der Waals surface area contributed by atoms with Crippen molar-refractivity contribution in [3.8, 4) is 6.07 Å². The van der Waals surface area contributed by atoms with Crippen molar-refractivity contribution in [2.75, 3.05) is 13.1 Å². The molecule has 1 aromatic heterocycles. The van der Waals surface area contributed by atoms with Crippen molar-refractivity contribution in [3.63, 3.8) is 0 Å². The molecule has 2 aliphatic heterocycles. The van der Waals surface area contributed by atoms with Gasteiger partial charge in [-0.2, -0.15) is 10.4 Å². The van der Waals surface area contributed by atoms with Gasteiger partial charge in [-0.25, -0.2) is 11.6 Å². The van der Waals surface area contributed by atoms with Gasteiger partial charge in [-0.05, 0) is 40.4 Å². The molecule has 1 amide bonds. The van der Waals surface area contributed by atoms with Gasteiger partial charge in [0.2, 0.25) is 5.91 Å². The molecule has 1 fully saturated rings. The number of aliphatic imine (C=N–C) groups is 1. The average molecular weight is 451 g/mol. The summed E-state index contributed by atoms with van der Waals surface area (Å²) in [6, 6.07) is 7.28. The number of benzene rings is 1. The van der Waals surface area contributed by atoms with Gasteiger partial charge in [0.1, 0.15) is 11.8 Å². The minimum Gasteiger partial charge on any atom is -0.343 e. The number of carbonyl (C=O) groups excluding carboxylic acids is 1. The molecule has 2 aromatic rings. The lowest BCUT2D eigenvalue weighted by atomic mass is 9.76. The minimum atomic E-state index is -0.473. The minimum absolute atomic E-state index is 0.0849. The number of nitrogens with one attached hydrogen (secondary N) is 1. The van der Waals surface area contributed by atoms with E-state index in [9.17, 15) is 10.1 Å². The monoisotopic (exact) mass is 450 g/mol. The normalized spacial score (nSPS) is 21.7. The largest absolute Gasteiger partial charge is 0.343 e. The summed E-state index contributed by atoms with van der Waals surface area (Å²) in [4.78, 5) is 22.3. The summed E-state index contributed by atoms with van der Waals surface area (Å²) in [5.74, 6) is 0.638. The second-order valence-electron chi connectivity index (χ2n) is 7.36. The molecule has 0 aliphatic carbocycles. The summed E-state index contributed by atoms with van der Waals surface area (Å²) in [5.41, 5.74) is 3.14. The number of likely N-dealkylation sites (tertiary alicyclic amines) is 1. The van der Waals surface area contributed by atoms with Gasteiger partial charge in [0, 0.05) is 36.0 Å². The first-order valence-electron chi connectivity index (χ1n) is 9.47. The molecule has 0 spiro atoms. The van der Waals surface area contributed by atoms with Gasteiger partial charge in [0.25, 0.3) is 6.04 Å². The molecule has 1 N–H and O–H groups in total. The van der Waals surface area contributed by atoms with E-state index in [-0.39, 0.29) is 17.7 Å². The predicted octanol–water partition coefficient (Wildman–Crippen LogP) is 3.81. The highest BCUT2D eigenvalue weighted by Crippen LogP contribution is 2.44. The van der Waals surface area contributed by atoms with E-state index in [0.717, 1.165) is 29.7 Å². The average Bonchev–Trinajstić information content (AvgIpc) is 3.21. The number of rotatable bonds is 2. The van der Waals surface area contributed by atoms with Gasteiger partial charge >= 0.3 is 0 Å². The first-order chi connectivity index (χ1) is 14.0.